The van der Waals surface area contributed by atoms with Crippen LogP contribution in [0.5, 0.6) is 5.75 Å². The van der Waals surface area contributed by atoms with E-state index in [9.17, 15) is 9.59 Å². The van der Waals surface area contributed by atoms with Gasteiger partial charge in [-0.05, 0) is 42.7 Å². The Kier molecular flexibility index (Phi) is 7.19. The normalized spacial score (nSPS) is 17.0. The zero-order chi connectivity index (χ0) is 17.2. The molecule has 0 unspecified atom stereocenters. The number of carbonyl (C=O) groups is 2. The largest absolute Gasteiger partial charge is 0.484 e. The molecular formula is C16H21N3O5. The van der Waals surface area contributed by atoms with Gasteiger partial charge in [-0.1, -0.05) is 0 Å². The number of rotatable bonds is 8. The minimum atomic E-state index is -0.612. The number of amides is 2. The van der Waals surface area contributed by atoms with E-state index in [1.807, 2.05) is 0 Å². The van der Waals surface area contributed by atoms with Crippen molar-refractivity contribution < 1.29 is 24.2 Å². The van der Waals surface area contributed by atoms with Gasteiger partial charge < -0.3 is 19.9 Å². The molecule has 1 fully saturated rings. The number of hydrogen-bond donors (Lipinski definition) is 3. The first-order valence-electron chi connectivity index (χ1n) is 7.71. The molecule has 2 rings (SSSR count). The van der Waals surface area contributed by atoms with Crippen molar-refractivity contribution >= 4 is 18.0 Å². The Morgan fingerprint density at radius 2 is 2.12 bits per heavy atom. The Morgan fingerprint density at radius 1 is 1.33 bits per heavy atom. The summed E-state index contributed by atoms with van der Waals surface area (Å²) in [5, 5.41) is 15.0. The minimum absolute atomic E-state index is 0.0628. The van der Waals surface area contributed by atoms with Crippen LogP contribution in [-0.4, -0.2) is 55.6 Å². The summed E-state index contributed by atoms with van der Waals surface area (Å²) < 4.78 is 10.8. The molecule has 1 atom stereocenters. The highest BCUT2D eigenvalue weighted by atomic mass is 16.5. The molecule has 1 aromatic carbocycles. The fourth-order valence-corrected chi connectivity index (χ4v) is 2.10. The first-order chi connectivity index (χ1) is 11.7. The molecule has 0 aliphatic carbocycles. The molecule has 1 aromatic rings. The van der Waals surface area contributed by atoms with Crippen molar-refractivity contribution in [2.75, 3.05) is 26.4 Å². The third kappa shape index (κ3) is 6.35. The van der Waals surface area contributed by atoms with Gasteiger partial charge >= 0.3 is 0 Å². The monoisotopic (exact) mass is 335 g/mol. The van der Waals surface area contributed by atoms with Crippen LogP contribution in [0.4, 0.5) is 0 Å². The smallest absolute Gasteiger partial charge is 0.265 e. The number of hydrogen-bond acceptors (Lipinski definition) is 6. The molecule has 0 bridgehead atoms. The third-order valence-electron chi connectivity index (χ3n) is 3.35. The molecule has 24 heavy (non-hydrogen) atoms. The lowest BCUT2D eigenvalue weighted by Crippen LogP contribution is -2.35. The predicted octanol–water partition coefficient (Wildman–Crippen LogP) is -0.197. The molecule has 1 heterocycles. The van der Waals surface area contributed by atoms with Crippen LogP contribution in [0, 0.1) is 0 Å². The lowest BCUT2D eigenvalue weighted by atomic mass is 10.2. The molecular weight excluding hydrogens is 314 g/mol. The quantitative estimate of drug-likeness (QED) is 0.450. The maximum Gasteiger partial charge on any atom is 0.265 e. The molecule has 2 amide bonds. The van der Waals surface area contributed by atoms with Crippen LogP contribution in [-0.2, 0) is 14.3 Å². The van der Waals surface area contributed by atoms with Gasteiger partial charge in [0.25, 0.3) is 11.8 Å². The van der Waals surface area contributed by atoms with Crippen molar-refractivity contribution in [2.45, 2.75) is 18.9 Å². The van der Waals surface area contributed by atoms with Crippen LogP contribution in [0.1, 0.15) is 18.4 Å². The second kappa shape index (κ2) is 9.64. The second-order valence-corrected chi connectivity index (χ2v) is 5.25. The molecule has 1 aliphatic heterocycles. The molecule has 1 aliphatic rings. The highest BCUT2D eigenvalue weighted by Gasteiger charge is 2.16. The van der Waals surface area contributed by atoms with E-state index in [4.69, 9.17) is 14.6 Å². The molecule has 8 heteroatoms. The molecule has 1 saturated heterocycles. The number of benzene rings is 1. The summed E-state index contributed by atoms with van der Waals surface area (Å²) in [4.78, 5) is 22.5. The van der Waals surface area contributed by atoms with Crippen LogP contribution >= 0.6 is 0 Å². The Hall–Kier alpha value is -2.45. The fraction of sp³-hybridized carbons (Fsp3) is 0.438. The molecule has 0 spiro atoms. The lowest BCUT2D eigenvalue weighted by Gasteiger charge is -2.11. The number of carbonyl (C=O) groups excluding carboxylic acids is 2. The van der Waals surface area contributed by atoms with E-state index < -0.39 is 12.5 Å². The Morgan fingerprint density at radius 3 is 2.79 bits per heavy atom. The van der Waals surface area contributed by atoms with E-state index >= 15 is 0 Å². The Bertz CT molecular complexity index is 568. The van der Waals surface area contributed by atoms with E-state index in [-0.39, 0.29) is 18.6 Å². The summed E-state index contributed by atoms with van der Waals surface area (Å²) in [6.45, 7) is 0.597. The molecule has 0 radical (unpaired) electrons. The maximum atomic E-state index is 11.7. The molecule has 130 valence electrons. The highest BCUT2D eigenvalue weighted by molar-refractivity contribution is 5.82. The summed E-state index contributed by atoms with van der Waals surface area (Å²) in [5.41, 5.74) is 2.90. The standard InChI is InChI=1S/C16H21N3O5/c20-10-15(21)19-18-8-12-3-5-13(6-4-12)24-11-16(22)17-9-14-2-1-7-23-14/h3-6,8,14,20H,1-2,7,9-11H2,(H,17,22)(H,19,21)/b18-8-/t14-/m1/s1. The summed E-state index contributed by atoms with van der Waals surface area (Å²) in [5.74, 6) is -0.220. The van der Waals surface area contributed by atoms with Gasteiger partial charge in [-0.2, -0.15) is 5.10 Å². The Balaban J connectivity index is 1.69. The van der Waals surface area contributed by atoms with Crippen molar-refractivity contribution in [3.8, 4) is 5.75 Å². The second-order valence-electron chi connectivity index (χ2n) is 5.25. The van der Waals surface area contributed by atoms with Crippen LogP contribution in [0.2, 0.25) is 0 Å². The van der Waals surface area contributed by atoms with Gasteiger partial charge in [0.15, 0.2) is 6.61 Å². The van der Waals surface area contributed by atoms with E-state index in [0.717, 1.165) is 25.0 Å². The van der Waals surface area contributed by atoms with Crippen molar-refractivity contribution in [3.05, 3.63) is 29.8 Å². The van der Waals surface area contributed by atoms with E-state index in [2.05, 4.69) is 15.8 Å². The zero-order valence-electron chi connectivity index (χ0n) is 13.2. The van der Waals surface area contributed by atoms with Gasteiger partial charge in [-0.15, -0.1) is 0 Å². The summed E-state index contributed by atoms with van der Waals surface area (Å²) in [6, 6.07) is 6.85. The lowest BCUT2D eigenvalue weighted by molar-refractivity contribution is -0.124. The number of aliphatic hydroxyl groups excluding tert-OH is 1. The van der Waals surface area contributed by atoms with Gasteiger partial charge in [0.2, 0.25) is 0 Å². The predicted molar refractivity (Wildman–Crippen MR) is 86.7 cm³/mol. The van der Waals surface area contributed by atoms with E-state index in [1.165, 1.54) is 6.21 Å². The topological polar surface area (TPSA) is 109 Å². The fourth-order valence-electron chi connectivity index (χ4n) is 2.10. The molecule has 0 saturated carbocycles. The van der Waals surface area contributed by atoms with Gasteiger partial charge in [-0.25, -0.2) is 5.43 Å². The van der Waals surface area contributed by atoms with Crippen molar-refractivity contribution in [3.63, 3.8) is 0 Å². The molecule has 8 nitrogen and oxygen atoms in total. The van der Waals surface area contributed by atoms with Gasteiger partial charge in [0, 0.05) is 13.2 Å². The Labute approximate surface area is 139 Å². The first kappa shape index (κ1) is 17.9. The summed E-state index contributed by atoms with van der Waals surface area (Å²) in [7, 11) is 0. The van der Waals surface area contributed by atoms with E-state index in [1.54, 1.807) is 24.3 Å². The number of nitrogens with one attached hydrogen (secondary N) is 2. The van der Waals surface area contributed by atoms with Crippen LogP contribution in [0.3, 0.4) is 0 Å². The van der Waals surface area contributed by atoms with Crippen LogP contribution < -0.4 is 15.5 Å². The third-order valence-corrected chi connectivity index (χ3v) is 3.35. The van der Waals surface area contributed by atoms with Crippen LogP contribution in [0.25, 0.3) is 0 Å². The van der Waals surface area contributed by atoms with E-state index in [0.29, 0.717) is 12.3 Å². The number of aliphatic hydroxyl groups is 1. The van der Waals surface area contributed by atoms with Crippen molar-refractivity contribution in [1.82, 2.24) is 10.7 Å². The van der Waals surface area contributed by atoms with Gasteiger partial charge in [0.1, 0.15) is 12.4 Å². The zero-order valence-corrected chi connectivity index (χ0v) is 13.2. The maximum absolute atomic E-state index is 11.7. The molecule has 0 aromatic heterocycles. The minimum Gasteiger partial charge on any atom is -0.484 e. The van der Waals surface area contributed by atoms with Gasteiger partial charge in [-0.3, -0.25) is 9.59 Å². The van der Waals surface area contributed by atoms with Crippen LogP contribution in [0.15, 0.2) is 29.4 Å². The average Bonchev–Trinajstić information content (AvgIpc) is 3.12. The van der Waals surface area contributed by atoms with Gasteiger partial charge in [0.05, 0.1) is 12.3 Å². The SMILES string of the molecule is O=C(COc1ccc(/C=N\NC(=O)CO)cc1)NC[C@H]1CCCO1. The average molecular weight is 335 g/mol. The number of nitrogens with zero attached hydrogens (tertiary/aromatic N) is 1. The highest BCUT2D eigenvalue weighted by Crippen LogP contribution is 2.12. The summed E-state index contributed by atoms with van der Waals surface area (Å²) in [6.07, 6.45) is 3.56. The van der Waals surface area contributed by atoms with Crippen molar-refractivity contribution in [2.24, 2.45) is 5.10 Å². The number of ether oxygens (including phenoxy) is 2. The summed E-state index contributed by atoms with van der Waals surface area (Å²) >= 11 is 0. The first-order valence-corrected chi connectivity index (χ1v) is 7.71. The molecule has 3 N–H and O–H groups in total. The number of hydrazone groups is 1. The van der Waals surface area contributed by atoms with Crippen molar-refractivity contribution in [1.29, 1.82) is 0 Å².